The van der Waals surface area contributed by atoms with Crippen molar-refractivity contribution < 1.29 is 14.8 Å². The zero-order valence-corrected chi connectivity index (χ0v) is 12.3. The van der Waals surface area contributed by atoms with Gasteiger partial charge in [-0.2, -0.15) is 0 Å². The summed E-state index contributed by atoms with van der Waals surface area (Å²) in [5.74, 6) is 0.0201. The van der Waals surface area contributed by atoms with Gasteiger partial charge < -0.3 is 10.4 Å². The molecule has 1 unspecified atom stereocenters. The lowest BCUT2D eigenvalue weighted by Crippen LogP contribution is -2.11. The summed E-state index contributed by atoms with van der Waals surface area (Å²) in [5, 5.41) is 22.6. The Morgan fingerprint density at radius 2 is 2.24 bits per heavy atom. The van der Waals surface area contributed by atoms with Gasteiger partial charge in [-0.15, -0.1) is 0 Å². The molecule has 0 saturated heterocycles. The number of carbonyl (C=O) groups is 1. The molecule has 116 valence electrons. The predicted octanol–water partition coefficient (Wildman–Crippen LogP) is 2.99. The van der Waals surface area contributed by atoms with Gasteiger partial charge in [0.15, 0.2) is 0 Å². The predicted molar refractivity (Wildman–Crippen MR) is 79.4 cm³/mol. The average Bonchev–Trinajstić information content (AvgIpc) is 2.43. The molecule has 0 fully saturated rings. The molecule has 7 heteroatoms. The summed E-state index contributed by atoms with van der Waals surface area (Å²) >= 11 is 0. The van der Waals surface area contributed by atoms with Gasteiger partial charge in [-0.1, -0.05) is 13.3 Å². The number of nitrogens with zero attached hydrogens (tertiary/aromatic N) is 2. The number of nitro groups is 1. The van der Waals surface area contributed by atoms with Crippen molar-refractivity contribution >= 4 is 17.5 Å². The van der Waals surface area contributed by atoms with Crippen LogP contribution in [0.5, 0.6) is 0 Å². The Balaban J connectivity index is 2.49. The molecule has 1 atom stereocenters. The van der Waals surface area contributed by atoms with E-state index in [2.05, 4.69) is 10.3 Å². The van der Waals surface area contributed by atoms with E-state index >= 15 is 0 Å². The van der Waals surface area contributed by atoms with E-state index in [1.165, 1.54) is 12.3 Å². The van der Waals surface area contributed by atoms with Gasteiger partial charge >= 0.3 is 5.97 Å². The molecule has 0 aliphatic heterocycles. The molecule has 1 heterocycles. The number of aromatic nitrogens is 1. The lowest BCUT2D eigenvalue weighted by Gasteiger charge is -2.14. The fourth-order valence-corrected chi connectivity index (χ4v) is 2.09. The van der Waals surface area contributed by atoms with Gasteiger partial charge in [-0.25, -0.2) is 4.98 Å². The second-order valence-corrected chi connectivity index (χ2v) is 5.04. The van der Waals surface area contributed by atoms with E-state index in [9.17, 15) is 14.9 Å². The van der Waals surface area contributed by atoms with Crippen LogP contribution in [-0.2, 0) is 4.79 Å². The second kappa shape index (κ2) is 8.18. The standard InChI is InChI=1S/C14H21N3O4/c1-3-11(4-5-14(18)19)6-7-15-13-8-12(17(20)21)10(2)9-16-13/h8-9,11H,3-7H2,1-2H3,(H,15,16)(H,18,19). The van der Waals surface area contributed by atoms with Crippen LogP contribution in [-0.4, -0.2) is 27.5 Å². The monoisotopic (exact) mass is 295 g/mol. The first kappa shape index (κ1) is 16.9. The highest BCUT2D eigenvalue weighted by Crippen LogP contribution is 2.20. The third kappa shape index (κ3) is 5.76. The minimum atomic E-state index is -0.780. The molecular formula is C14H21N3O4. The van der Waals surface area contributed by atoms with E-state index in [1.54, 1.807) is 6.92 Å². The molecule has 21 heavy (non-hydrogen) atoms. The van der Waals surface area contributed by atoms with Gasteiger partial charge in [0.2, 0.25) is 0 Å². The van der Waals surface area contributed by atoms with Gasteiger partial charge in [0, 0.05) is 24.7 Å². The number of carboxylic acids is 1. The SMILES string of the molecule is CCC(CCNc1cc([N+](=O)[O-])c(C)cn1)CCC(=O)O. The molecule has 0 aliphatic rings. The number of aryl methyl sites for hydroxylation is 1. The van der Waals surface area contributed by atoms with Crippen LogP contribution in [0.4, 0.5) is 11.5 Å². The fourth-order valence-electron chi connectivity index (χ4n) is 2.09. The maximum atomic E-state index is 10.8. The van der Waals surface area contributed by atoms with Gasteiger partial charge in [0.1, 0.15) is 5.82 Å². The maximum Gasteiger partial charge on any atom is 0.303 e. The van der Waals surface area contributed by atoms with E-state index < -0.39 is 10.9 Å². The van der Waals surface area contributed by atoms with Crippen molar-refractivity contribution in [1.82, 2.24) is 4.98 Å². The molecule has 0 bridgehead atoms. The van der Waals surface area contributed by atoms with E-state index in [4.69, 9.17) is 5.11 Å². The quantitative estimate of drug-likeness (QED) is 0.536. The van der Waals surface area contributed by atoms with Crippen LogP contribution in [0.2, 0.25) is 0 Å². The van der Waals surface area contributed by atoms with E-state index in [0.717, 1.165) is 12.8 Å². The van der Waals surface area contributed by atoms with Crippen molar-refractivity contribution in [2.75, 3.05) is 11.9 Å². The lowest BCUT2D eigenvalue weighted by molar-refractivity contribution is -0.385. The van der Waals surface area contributed by atoms with Crippen molar-refractivity contribution in [2.24, 2.45) is 5.92 Å². The Labute approximate surface area is 123 Å². The zero-order chi connectivity index (χ0) is 15.8. The first-order valence-electron chi connectivity index (χ1n) is 7.00. The number of nitrogens with one attached hydrogen (secondary N) is 1. The van der Waals surface area contributed by atoms with E-state index in [0.29, 0.717) is 30.3 Å². The number of pyridine rings is 1. The molecule has 2 N–H and O–H groups in total. The zero-order valence-electron chi connectivity index (χ0n) is 12.3. The van der Waals surface area contributed by atoms with Crippen molar-refractivity contribution in [3.8, 4) is 0 Å². The topological polar surface area (TPSA) is 105 Å². The highest BCUT2D eigenvalue weighted by Gasteiger charge is 2.13. The molecule has 1 aromatic rings. The normalized spacial score (nSPS) is 11.9. The summed E-state index contributed by atoms with van der Waals surface area (Å²) < 4.78 is 0. The number of aliphatic carboxylic acids is 1. The van der Waals surface area contributed by atoms with Crippen molar-refractivity contribution in [2.45, 2.75) is 39.5 Å². The molecule has 0 aliphatic carbocycles. The van der Waals surface area contributed by atoms with Crippen LogP contribution in [0.3, 0.4) is 0 Å². The number of hydrogen-bond donors (Lipinski definition) is 2. The van der Waals surface area contributed by atoms with Crippen LogP contribution in [0.1, 0.15) is 38.2 Å². The third-order valence-corrected chi connectivity index (χ3v) is 3.47. The van der Waals surface area contributed by atoms with E-state index in [1.807, 2.05) is 6.92 Å². The Bertz CT molecular complexity index is 505. The summed E-state index contributed by atoms with van der Waals surface area (Å²) in [6, 6.07) is 1.42. The fraction of sp³-hybridized carbons (Fsp3) is 0.571. The molecular weight excluding hydrogens is 274 g/mol. The highest BCUT2D eigenvalue weighted by molar-refractivity contribution is 5.66. The molecule has 0 radical (unpaired) electrons. The maximum absolute atomic E-state index is 10.8. The molecule has 1 rings (SSSR count). The molecule has 7 nitrogen and oxygen atoms in total. The number of anilines is 1. The Hall–Kier alpha value is -2.18. The van der Waals surface area contributed by atoms with Crippen molar-refractivity contribution in [3.05, 3.63) is 27.9 Å². The van der Waals surface area contributed by atoms with E-state index in [-0.39, 0.29) is 12.1 Å². The molecule has 1 aromatic heterocycles. The first-order chi connectivity index (χ1) is 9.93. The van der Waals surface area contributed by atoms with Crippen molar-refractivity contribution in [3.63, 3.8) is 0 Å². The Morgan fingerprint density at radius 3 is 2.81 bits per heavy atom. The van der Waals surface area contributed by atoms with Gasteiger partial charge in [-0.05, 0) is 25.7 Å². The average molecular weight is 295 g/mol. The summed E-state index contributed by atoms with van der Waals surface area (Å²) in [6.45, 7) is 4.29. The van der Waals surface area contributed by atoms with Crippen LogP contribution >= 0.6 is 0 Å². The summed E-state index contributed by atoms with van der Waals surface area (Å²) in [4.78, 5) is 25.1. The van der Waals surface area contributed by atoms with Crippen LogP contribution in [0.25, 0.3) is 0 Å². The number of rotatable bonds is 9. The lowest BCUT2D eigenvalue weighted by atomic mass is 9.97. The third-order valence-electron chi connectivity index (χ3n) is 3.47. The van der Waals surface area contributed by atoms with Crippen LogP contribution in [0, 0.1) is 23.0 Å². The summed E-state index contributed by atoms with van der Waals surface area (Å²) in [7, 11) is 0. The highest BCUT2D eigenvalue weighted by atomic mass is 16.6. The molecule has 0 amide bonds. The summed E-state index contributed by atoms with van der Waals surface area (Å²) in [6.07, 6.45) is 4.02. The Morgan fingerprint density at radius 1 is 1.52 bits per heavy atom. The van der Waals surface area contributed by atoms with Crippen LogP contribution < -0.4 is 5.32 Å². The smallest absolute Gasteiger partial charge is 0.303 e. The first-order valence-corrected chi connectivity index (χ1v) is 7.00. The van der Waals surface area contributed by atoms with Crippen molar-refractivity contribution in [1.29, 1.82) is 0 Å². The molecule has 0 spiro atoms. The largest absolute Gasteiger partial charge is 0.481 e. The van der Waals surface area contributed by atoms with Gasteiger partial charge in [-0.3, -0.25) is 14.9 Å². The van der Waals surface area contributed by atoms with Gasteiger partial charge in [0.25, 0.3) is 5.69 Å². The minimum absolute atomic E-state index is 0.0467. The summed E-state index contributed by atoms with van der Waals surface area (Å²) in [5.41, 5.74) is 0.573. The molecule has 0 saturated carbocycles. The van der Waals surface area contributed by atoms with Crippen LogP contribution in [0.15, 0.2) is 12.3 Å². The number of hydrogen-bond acceptors (Lipinski definition) is 5. The second-order valence-electron chi connectivity index (χ2n) is 5.04. The van der Waals surface area contributed by atoms with Gasteiger partial charge in [0.05, 0.1) is 11.0 Å². The minimum Gasteiger partial charge on any atom is -0.481 e. The molecule has 0 aromatic carbocycles. The Kier molecular flexibility index (Phi) is 6.58. The number of carboxylic acid groups (broad SMARTS) is 1.